The quantitative estimate of drug-likeness (QED) is 0.644. The summed E-state index contributed by atoms with van der Waals surface area (Å²) in [7, 11) is -3.88. The van der Waals surface area contributed by atoms with Crippen LogP contribution in [0, 0.1) is 5.92 Å². The zero-order valence-corrected chi connectivity index (χ0v) is 16.7. The highest BCUT2D eigenvalue weighted by atomic mass is 32.2. The molecular weight excluding hydrogens is 425 g/mol. The fourth-order valence-corrected chi connectivity index (χ4v) is 3.76. The molecule has 0 bridgehead atoms. The predicted octanol–water partition coefficient (Wildman–Crippen LogP) is 2.81. The average molecular weight is 446 g/mol. The molecule has 0 saturated heterocycles. The third-order valence-electron chi connectivity index (χ3n) is 4.85. The van der Waals surface area contributed by atoms with Gasteiger partial charge in [0.05, 0.1) is 11.0 Å². The Kier molecular flexibility index (Phi) is 6.20. The molecule has 0 radical (unpaired) electrons. The number of ether oxygens (including phenoxy) is 1. The van der Waals surface area contributed by atoms with Gasteiger partial charge in [0, 0.05) is 11.9 Å². The highest BCUT2D eigenvalue weighted by molar-refractivity contribution is 7.89. The molecule has 1 aliphatic rings. The number of sulfonamides is 1. The van der Waals surface area contributed by atoms with Gasteiger partial charge in [0.1, 0.15) is 11.7 Å². The van der Waals surface area contributed by atoms with E-state index >= 15 is 0 Å². The smallest absolute Gasteiger partial charge is 0.423 e. The van der Waals surface area contributed by atoms with Crippen molar-refractivity contribution in [2.45, 2.75) is 49.5 Å². The van der Waals surface area contributed by atoms with Crippen LogP contribution < -0.4 is 15.2 Å². The van der Waals surface area contributed by atoms with Crippen molar-refractivity contribution in [3.63, 3.8) is 0 Å². The van der Waals surface area contributed by atoms with Crippen LogP contribution in [-0.2, 0) is 16.2 Å². The molecule has 30 heavy (non-hydrogen) atoms. The highest BCUT2D eigenvalue weighted by Gasteiger charge is 2.39. The van der Waals surface area contributed by atoms with Crippen LogP contribution in [0.1, 0.15) is 31.7 Å². The van der Waals surface area contributed by atoms with E-state index in [4.69, 9.17) is 9.88 Å². The number of nitrogens with one attached hydrogen (secondary N) is 1. The van der Waals surface area contributed by atoms with Gasteiger partial charge in [-0.2, -0.15) is 18.2 Å². The maximum absolute atomic E-state index is 13.4. The number of aliphatic hydroxyl groups excluding tert-OH is 1. The summed E-state index contributed by atoms with van der Waals surface area (Å²) in [5, 5.41) is 17.9. The second-order valence-corrected chi connectivity index (χ2v) is 8.72. The molecule has 1 aromatic heterocycles. The van der Waals surface area contributed by atoms with Crippen molar-refractivity contribution >= 4 is 21.7 Å². The molecule has 3 rings (SSSR count). The number of alkyl halides is 3. The Morgan fingerprint density at radius 2 is 1.90 bits per heavy atom. The molecule has 0 amide bonds. The van der Waals surface area contributed by atoms with E-state index in [1.165, 1.54) is 24.3 Å². The number of hydrogen-bond acceptors (Lipinski definition) is 7. The maximum Gasteiger partial charge on any atom is 0.423 e. The lowest BCUT2D eigenvalue weighted by molar-refractivity contribution is -0.141. The van der Waals surface area contributed by atoms with Gasteiger partial charge >= 0.3 is 6.18 Å². The summed E-state index contributed by atoms with van der Waals surface area (Å²) in [5.41, 5.74) is -0.818. The standard InChI is InChI=1S/C18H21F3N4O4S/c1-10-3-2-4-14(26)15(10)29-16-13(18(19,20)21)9-23-17(25-16)24-11-5-7-12(8-6-11)30(22,27)28/h5-10,14-15,26H,2-4H2,1H3,(H2,22,27,28)(H,23,24,25). The van der Waals surface area contributed by atoms with E-state index in [2.05, 4.69) is 15.3 Å². The minimum Gasteiger partial charge on any atom is -0.471 e. The van der Waals surface area contributed by atoms with Crippen LogP contribution >= 0.6 is 0 Å². The van der Waals surface area contributed by atoms with Crippen LogP contribution in [0.15, 0.2) is 35.4 Å². The van der Waals surface area contributed by atoms with E-state index in [9.17, 15) is 26.7 Å². The number of rotatable bonds is 5. The molecule has 3 atom stereocenters. The molecule has 0 aliphatic heterocycles. The van der Waals surface area contributed by atoms with Gasteiger partial charge in [0.25, 0.3) is 0 Å². The number of benzene rings is 1. The summed E-state index contributed by atoms with van der Waals surface area (Å²) in [6, 6.07) is 5.21. The predicted molar refractivity (Wildman–Crippen MR) is 102 cm³/mol. The molecular formula is C18H21F3N4O4S. The maximum atomic E-state index is 13.4. The van der Waals surface area contributed by atoms with Gasteiger partial charge in [0.2, 0.25) is 21.9 Å². The third kappa shape index (κ3) is 5.18. The Hall–Kier alpha value is -2.44. The largest absolute Gasteiger partial charge is 0.471 e. The number of aromatic nitrogens is 2. The van der Waals surface area contributed by atoms with Crippen LogP contribution in [0.25, 0.3) is 0 Å². The number of nitrogens with zero attached hydrogens (tertiary/aromatic N) is 2. The number of nitrogens with two attached hydrogens (primary N) is 1. The van der Waals surface area contributed by atoms with Gasteiger partial charge in [-0.3, -0.25) is 0 Å². The van der Waals surface area contributed by atoms with Crippen molar-refractivity contribution in [1.82, 2.24) is 9.97 Å². The molecule has 1 aromatic carbocycles. The lowest BCUT2D eigenvalue weighted by Gasteiger charge is -2.33. The monoisotopic (exact) mass is 446 g/mol. The summed E-state index contributed by atoms with van der Waals surface area (Å²) >= 11 is 0. The Labute approximate surface area is 171 Å². The molecule has 1 aliphatic carbocycles. The van der Waals surface area contributed by atoms with Crippen LogP contribution in [0.4, 0.5) is 24.8 Å². The van der Waals surface area contributed by atoms with Crippen LogP contribution in [0.3, 0.4) is 0 Å². The molecule has 1 fully saturated rings. The van der Waals surface area contributed by atoms with Gasteiger partial charge in [-0.25, -0.2) is 18.5 Å². The van der Waals surface area contributed by atoms with Gasteiger partial charge in [-0.05, 0) is 43.0 Å². The normalized spacial score (nSPS) is 22.5. The van der Waals surface area contributed by atoms with Gasteiger partial charge in [0.15, 0.2) is 0 Å². The van der Waals surface area contributed by atoms with Crippen molar-refractivity contribution < 1.29 is 31.4 Å². The molecule has 12 heteroatoms. The molecule has 3 unspecified atom stereocenters. The Morgan fingerprint density at radius 3 is 2.47 bits per heavy atom. The fourth-order valence-electron chi connectivity index (χ4n) is 3.25. The van der Waals surface area contributed by atoms with Gasteiger partial charge in [-0.15, -0.1) is 0 Å². The second-order valence-electron chi connectivity index (χ2n) is 7.16. The zero-order chi connectivity index (χ0) is 22.1. The number of halogens is 3. The first-order chi connectivity index (χ1) is 13.9. The van der Waals surface area contributed by atoms with E-state index < -0.39 is 39.9 Å². The van der Waals surface area contributed by atoms with Gasteiger partial charge in [-0.1, -0.05) is 13.3 Å². The molecule has 4 N–H and O–H groups in total. The van der Waals surface area contributed by atoms with Crippen molar-refractivity contribution in [3.8, 4) is 5.88 Å². The third-order valence-corrected chi connectivity index (χ3v) is 5.77. The zero-order valence-electron chi connectivity index (χ0n) is 15.9. The summed E-state index contributed by atoms with van der Waals surface area (Å²) in [4.78, 5) is 7.41. The van der Waals surface area contributed by atoms with Crippen LogP contribution in [0.5, 0.6) is 5.88 Å². The molecule has 2 aromatic rings. The summed E-state index contributed by atoms with van der Waals surface area (Å²) < 4.78 is 68.3. The Balaban J connectivity index is 1.89. The number of anilines is 2. The summed E-state index contributed by atoms with van der Waals surface area (Å²) in [6.07, 6.45) is -3.95. The first-order valence-corrected chi connectivity index (χ1v) is 10.7. The minimum absolute atomic E-state index is 0.120. The second kappa shape index (κ2) is 8.36. The van der Waals surface area contributed by atoms with E-state index in [1.54, 1.807) is 6.92 Å². The highest BCUT2D eigenvalue weighted by Crippen LogP contribution is 2.37. The van der Waals surface area contributed by atoms with E-state index in [1.807, 2.05) is 0 Å². The fraction of sp³-hybridized carbons (Fsp3) is 0.444. The average Bonchev–Trinajstić information content (AvgIpc) is 2.64. The number of hydrogen-bond donors (Lipinski definition) is 3. The molecule has 164 valence electrons. The first kappa shape index (κ1) is 22.2. The van der Waals surface area contributed by atoms with Crippen LogP contribution in [0.2, 0.25) is 0 Å². The molecule has 0 spiro atoms. The number of aliphatic hydroxyl groups is 1. The first-order valence-electron chi connectivity index (χ1n) is 9.14. The summed E-state index contributed by atoms with van der Waals surface area (Å²) in [5.74, 6) is -1.01. The lowest BCUT2D eigenvalue weighted by atomic mass is 9.86. The minimum atomic E-state index is -4.74. The molecule has 1 heterocycles. The SMILES string of the molecule is CC1CCCC(O)C1Oc1nc(Nc2ccc(S(N)(=O)=O)cc2)ncc1C(F)(F)F. The molecule has 1 saturated carbocycles. The van der Waals surface area contributed by atoms with Crippen molar-refractivity contribution in [3.05, 3.63) is 36.0 Å². The summed E-state index contributed by atoms with van der Waals surface area (Å²) in [6.45, 7) is 1.80. The van der Waals surface area contributed by atoms with E-state index in [0.29, 0.717) is 18.3 Å². The van der Waals surface area contributed by atoms with Crippen molar-refractivity contribution in [2.24, 2.45) is 11.1 Å². The van der Waals surface area contributed by atoms with Crippen LogP contribution in [-0.4, -0.2) is 35.7 Å². The molecule has 8 nitrogen and oxygen atoms in total. The topological polar surface area (TPSA) is 127 Å². The van der Waals surface area contributed by atoms with Crippen molar-refractivity contribution in [2.75, 3.05) is 5.32 Å². The van der Waals surface area contributed by atoms with E-state index in [-0.39, 0.29) is 16.8 Å². The Bertz CT molecular complexity index is 989. The number of primary sulfonamides is 1. The van der Waals surface area contributed by atoms with E-state index in [0.717, 1.165) is 12.8 Å². The van der Waals surface area contributed by atoms with Crippen molar-refractivity contribution in [1.29, 1.82) is 0 Å². The lowest BCUT2D eigenvalue weighted by Crippen LogP contribution is -2.41. The van der Waals surface area contributed by atoms with Gasteiger partial charge < -0.3 is 15.2 Å². The Morgan fingerprint density at radius 1 is 1.23 bits per heavy atom.